The first-order chi connectivity index (χ1) is 15.7. The van der Waals surface area contributed by atoms with Crippen LogP contribution in [0, 0.1) is 12.8 Å². The van der Waals surface area contributed by atoms with Crippen LogP contribution in [-0.2, 0) is 20.9 Å². The molecule has 2 N–H and O–H groups in total. The molecule has 0 saturated heterocycles. The number of carbonyl (C=O) groups is 2. The van der Waals surface area contributed by atoms with E-state index in [0.29, 0.717) is 29.3 Å². The van der Waals surface area contributed by atoms with E-state index in [1.165, 1.54) is 0 Å². The average molecular weight is 450 g/mol. The number of benzene rings is 2. The van der Waals surface area contributed by atoms with Crippen LogP contribution >= 0.6 is 0 Å². The lowest BCUT2D eigenvalue weighted by atomic mass is 9.80. The number of carboxylic acid groups (broad SMARTS) is 1. The van der Waals surface area contributed by atoms with Gasteiger partial charge in [0.05, 0.1) is 23.7 Å². The lowest BCUT2D eigenvalue weighted by Crippen LogP contribution is -2.32. The normalized spacial score (nSPS) is 16.0. The van der Waals surface area contributed by atoms with E-state index in [2.05, 4.69) is 5.32 Å². The van der Waals surface area contributed by atoms with Crippen molar-refractivity contribution in [2.24, 2.45) is 5.92 Å². The summed E-state index contributed by atoms with van der Waals surface area (Å²) in [5.41, 5.74) is 4.20. The highest BCUT2D eigenvalue weighted by molar-refractivity contribution is 5.99. The highest BCUT2D eigenvalue weighted by atomic mass is 16.5. The van der Waals surface area contributed by atoms with Gasteiger partial charge in [-0.05, 0) is 38.3 Å². The highest BCUT2D eigenvalue weighted by Gasteiger charge is 2.38. The van der Waals surface area contributed by atoms with Crippen LogP contribution in [0.2, 0.25) is 0 Å². The van der Waals surface area contributed by atoms with Crippen molar-refractivity contribution in [3.8, 4) is 5.75 Å². The highest BCUT2D eigenvalue weighted by Crippen LogP contribution is 2.42. The Morgan fingerprint density at radius 2 is 1.61 bits per heavy atom. The SMILES string of the molecule is CC1=C(C(=O)O)C(c2ccccc2OCc2ccc(C)cc2)C(C(=O)OCC(C)C)=C(C)N1. The molecule has 2 aromatic rings. The molecule has 2 aromatic carbocycles. The van der Waals surface area contributed by atoms with Gasteiger partial charge in [0.2, 0.25) is 0 Å². The first-order valence-corrected chi connectivity index (χ1v) is 11.0. The molecular weight excluding hydrogens is 418 g/mol. The van der Waals surface area contributed by atoms with Gasteiger partial charge < -0.3 is 19.9 Å². The van der Waals surface area contributed by atoms with Crippen LogP contribution in [0.15, 0.2) is 71.1 Å². The van der Waals surface area contributed by atoms with Crippen LogP contribution in [0.1, 0.15) is 50.3 Å². The van der Waals surface area contributed by atoms with E-state index >= 15 is 0 Å². The smallest absolute Gasteiger partial charge is 0.336 e. The third-order valence-electron chi connectivity index (χ3n) is 5.50. The van der Waals surface area contributed by atoms with Gasteiger partial charge in [0.1, 0.15) is 12.4 Å². The van der Waals surface area contributed by atoms with Gasteiger partial charge in [0, 0.05) is 17.0 Å². The average Bonchev–Trinajstić information content (AvgIpc) is 2.76. The number of aliphatic carboxylic acids is 1. The first kappa shape index (κ1) is 24.1. The Morgan fingerprint density at radius 1 is 0.970 bits per heavy atom. The lowest BCUT2D eigenvalue weighted by molar-refractivity contribution is -0.140. The van der Waals surface area contributed by atoms with Crippen LogP contribution in [0.3, 0.4) is 0 Å². The summed E-state index contributed by atoms with van der Waals surface area (Å²) in [4.78, 5) is 25.4. The molecule has 174 valence electrons. The van der Waals surface area contributed by atoms with Crippen LogP contribution in [0.25, 0.3) is 0 Å². The van der Waals surface area contributed by atoms with Gasteiger partial charge in [-0.25, -0.2) is 9.59 Å². The van der Waals surface area contributed by atoms with E-state index in [-0.39, 0.29) is 23.7 Å². The minimum absolute atomic E-state index is 0.100. The number of aryl methyl sites for hydroxylation is 1. The zero-order valence-corrected chi connectivity index (χ0v) is 19.8. The van der Waals surface area contributed by atoms with Gasteiger partial charge in [0.25, 0.3) is 0 Å². The molecule has 1 unspecified atom stereocenters. The van der Waals surface area contributed by atoms with Crippen molar-refractivity contribution >= 4 is 11.9 Å². The summed E-state index contributed by atoms with van der Waals surface area (Å²) in [6, 6.07) is 15.3. The molecule has 0 radical (unpaired) electrons. The van der Waals surface area contributed by atoms with Crippen molar-refractivity contribution in [3.63, 3.8) is 0 Å². The number of hydrogen-bond donors (Lipinski definition) is 2. The van der Waals surface area contributed by atoms with Gasteiger partial charge in [-0.3, -0.25) is 0 Å². The number of ether oxygens (including phenoxy) is 2. The second-order valence-corrected chi connectivity index (χ2v) is 8.74. The standard InChI is InChI=1S/C27H31NO5/c1-16(2)14-33-27(31)24-19(5)28-18(4)23(26(29)30)25(24)21-8-6-7-9-22(21)32-15-20-12-10-17(3)11-13-20/h6-13,16,25,28H,14-15H2,1-5H3,(H,29,30). The number of hydrogen-bond acceptors (Lipinski definition) is 5. The first-order valence-electron chi connectivity index (χ1n) is 11.0. The third kappa shape index (κ3) is 5.64. The number of carboxylic acids is 1. The molecule has 1 aliphatic rings. The summed E-state index contributed by atoms with van der Waals surface area (Å²) in [5, 5.41) is 13.1. The van der Waals surface area contributed by atoms with Gasteiger partial charge in [-0.15, -0.1) is 0 Å². The van der Waals surface area contributed by atoms with Crippen LogP contribution < -0.4 is 10.1 Å². The van der Waals surface area contributed by atoms with Crippen LogP contribution in [-0.4, -0.2) is 23.7 Å². The Hall–Kier alpha value is -3.54. The number of nitrogens with one attached hydrogen (secondary N) is 1. The summed E-state index contributed by atoms with van der Waals surface area (Å²) in [5.74, 6) is -1.76. The van der Waals surface area contributed by atoms with Crippen molar-refractivity contribution in [1.82, 2.24) is 5.32 Å². The third-order valence-corrected chi connectivity index (χ3v) is 5.50. The van der Waals surface area contributed by atoms with E-state index in [4.69, 9.17) is 9.47 Å². The monoisotopic (exact) mass is 449 g/mol. The summed E-state index contributed by atoms with van der Waals surface area (Å²) >= 11 is 0. The van der Waals surface area contributed by atoms with Gasteiger partial charge >= 0.3 is 11.9 Å². The molecule has 0 saturated carbocycles. The number of carbonyl (C=O) groups excluding carboxylic acids is 1. The van der Waals surface area contributed by atoms with Crippen LogP contribution in [0.5, 0.6) is 5.75 Å². The van der Waals surface area contributed by atoms with E-state index in [1.807, 2.05) is 57.2 Å². The van der Waals surface area contributed by atoms with Crippen molar-refractivity contribution in [2.45, 2.75) is 47.1 Å². The van der Waals surface area contributed by atoms with Crippen molar-refractivity contribution < 1.29 is 24.2 Å². The molecule has 1 heterocycles. The molecule has 0 bridgehead atoms. The van der Waals surface area contributed by atoms with Gasteiger partial charge in [0.15, 0.2) is 0 Å². The molecule has 0 amide bonds. The molecule has 0 aromatic heterocycles. The molecular formula is C27H31NO5. The Kier molecular flexibility index (Phi) is 7.59. The Bertz CT molecular complexity index is 1100. The molecule has 0 fully saturated rings. The second kappa shape index (κ2) is 10.4. The number of dihydropyridines is 1. The summed E-state index contributed by atoms with van der Waals surface area (Å²) in [7, 11) is 0. The van der Waals surface area contributed by atoms with E-state index in [0.717, 1.165) is 11.1 Å². The molecule has 6 heteroatoms. The minimum Gasteiger partial charge on any atom is -0.489 e. The Morgan fingerprint density at radius 3 is 2.24 bits per heavy atom. The number of rotatable bonds is 8. The maximum absolute atomic E-state index is 13.1. The largest absolute Gasteiger partial charge is 0.489 e. The summed E-state index contributed by atoms with van der Waals surface area (Å²) < 4.78 is 11.6. The van der Waals surface area contributed by atoms with E-state index in [9.17, 15) is 14.7 Å². The number of para-hydroxylation sites is 1. The quantitative estimate of drug-likeness (QED) is 0.546. The lowest BCUT2D eigenvalue weighted by Gasteiger charge is -2.30. The van der Waals surface area contributed by atoms with Crippen LogP contribution in [0.4, 0.5) is 0 Å². The molecule has 0 spiro atoms. The summed E-state index contributed by atoms with van der Waals surface area (Å²) in [6.07, 6.45) is 0. The maximum atomic E-state index is 13.1. The zero-order chi connectivity index (χ0) is 24.1. The molecule has 1 atom stereocenters. The fourth-order valence-electron chi connectivity index (χ4n) is 3.88. The fraction of sp³-hybridized carbons (Fsp3) is 0.333. The zero-order valence-electron chi connectivity index (χ0n) is 19.8. The fourth-order valence-corrected chi connectivity index (χ4v) is 3.88. The molecule has 0 aliphatic carbocycles. The molecule has 6 nitrogen and oxygen atoms in total. The van der Waals surface area contributed by atoms with Crippen molar-refractivity contribution in [2.75, 3.05) is 6.61 Å². The van der Waals surface area contributed by atoms with E-state index < -0.39 is 17.9 Å². The second-order valence-electron chi connectivity index (χ2n) is 8.74. The molecule has 1 aliphatic heterocycles. The number of allylic oxidation sites excluding steroid dienone is 2. The molecule has 3 rings (SSSR count). The summed E-state index contributed by atoms with van der Waals surface area (Å²) in [6.45, 7) is 9.96. The van der Waals surface area contributed by atoms with E-state index in [1.54, 1.807) is 26.0 Å². The number of esters is 1. The predicted molar refractivity (Wildman–Crippen MR) is 127 cm³/mol. The van der Waals surface area contributed by atoms with Crippen molar-refractivity contribution in [1.29, 1.82) is 0 Å². The Labute approximate surface area is 194 Å². The van der Waals surface area contributed by atoms with Gasteiger partial charge in [-0.2, -0.15) is 0 Å². The van der Waals surface area contributed by atoms with Gasteiger partial charge in [-0.1, -0.05) is 61.9 Å². The molecule has 33 heavy (non-hydrogen) atoms. The van der Waals surface area contributed by atoms with Crippen molar-refractivity contribution in [3.05, 3.63) is 87.8 Å². The maximum Gasteiger partial charge on any atom is 0.336 e. The Balaban J connectivity index is 2.03. The predicted octanol–water partition coefficient (Wildman–Crippen LogP) is 5.09. The minimum atomic E-state index is -1.10. The topological polar surface area (TPSA) is 84.9 Å².